The molecule has 4 aromatic rings. The summed E-state index contributed by atoms with van der Waals surface area (Å²) < 4.78 is 6.93. The number of aromatic nitrogens is 4. The zero-order chi connectivity index (χ0) is 27.9. The van der Waals surface area contributed by atoms with Crippen LogP contribution >= 0.6 is 0 Å². The fraction of sp³-hybridized carbons (Fsp3) is 0.290. The molecule has 0 saturated carbocycles. The lowest BCUT2D eigenvalue weighted by atomic mass is 9.93. The molecule has 3 aliphatic rings. The van der Waals surface area contributed by atoms with Gasteiger partial charge in [-0.3, -0.25) is 14.8 Å². The van der Waals surface area contributed by atoms with Crippen LogP contribution in [0.3, 0.4) is 0 Å². The predicted octanol–water partition coefficient (Wildman–Crippen LogP) is 3.71. The van der Waals surface area contributed by atoms with Crippen molar-refractivity contribution < 1.29 is 9.53 Å². The molecule has 0 aliphatic carbocycles. The first-order valence-corrected chi connectivity index (χ1v) is 13.7. The number of rotatable bonds is 4. The van der Waals surface area contributed by atoms with Crippen LogP contribution in [0.15, 0.2) is 78.5 Å². The molecule has 0 aromatic carbocycles. The number of carbonyl (C=O) groups is 1. The van der Waals surface area contributed by atoms with Crippen molar-refractivity contribution >= 4 is 17.3 Å². The zero-order valence-corrected chi connectivity index (χ0v) is 22.6. The Morgan fingerprint density at radius 3 is 2.54 bits per heavy atom. The highest BCUT2D eigenvalue weighted by Gasteiger charge is 2.43. The molecule has 7 rings (SSSR count). The smallest absolute Gasteiger partial charge is 0.256 e. The minimum absolute atomic E-state index is 0.00833. The Labute approximate surface area is 237 Å². The Balaban J connectivity index is 1.11. The molecule has 4 aromatic heterocycles. The van der Waals surface area contributed by atoms with Gasteiger partial charge in [-0.1, -0.05) is 6.08 Å². The summed E-state index contributed by atoms with van der Waals surface area (Å²) in [5.74, 6) is 1.48. The molecule has 2 saturated heterocycles. The minimum atomic E-state index is 0.00833. The number of ether oxygens (including phenoxy) is 1. The van der Waals surface area contributed by atoms with E-state index in [2.05, 4.69) is 44.3 Å². The molecule has 10 heteroatoms. The maximum atomic E-state index is 13.4. The van der Waals surface area contributed by atoms with Crippen molar-refractivity contribution in [1.82, 2.24) is 29.4 Å². The van der Waals surface area contributed by atoms with E-state index in [0.717, 1.165) is 54.0 Å². The van der Waals surface area contributed by atoms with Gasteiger partial charge >= 0.3 is 0 Å². The normalized spacial score (nSPS) is 21.6. The number of amides is 1. The molecule has 0 N–H and O–H groups in total. The summed E-state index contributed by atoms with van der Waals surface area (Å²) >= 11 is 0. The number of likely N-dealkylation sites (tertiary alicyclic amines) is 1. The van der Waals surface area contributed by atoms with Crippen LogP contribution in [-0.4, -0.2) is 80.0 Å². The second-order valence-corrected chi connectivity index (χ2v) is 10.6. The number of hydrogen-bond acceptors (Lipinski definition) is 8. The van der Waals surface area contributed by atoms with Crippen LogP contribution in [-0.2, 0) is 0 Å². The third-order valence-corrected chi connectivity index (χ3v) is 8.34. The van der Waals surface area contributed by atoms with Gasteiger partial charge in [-0.05, 0) is 54.3 Å². The molecule has 7 heterocycles. The van der Waals surface area contributed by atoms with Gasteiger partial charge in [0.25, 0.3) is 5.91 Å². The van der Waals surface area contributed by atoms with Crippen LogP contribution in [0.1, 0.15) is 40.2 Å². The highest BCUT2D eigenvalue weighted by atomic mass is 16.5. The number of hydrogen-bond donors (Lipinski definition) is 0. The Bertz CT molecular complexity index is 1710. The number of aliphatic imine (C=N–C) groups is 1. The van der Waals surface area contributed by atoms with Crippen LogP contribution in [0.5, 0.6) is 5.88 Å². The van der Waals surface area contributed by atoms with Gasteiger partial charge in [-0.25, -0.2) is 9.50 Å². The molecular weight excluding hydrogens is 516 g/mol. The number of nitrogens with zero attached hydrogens (tertiary/aromatic N) is 8. The van der Waals surface area contributed by atoms with E-state index in [-0.39, 0.29) is 23.9 Å². The molecule has 0 radical (unpaired) electrons. The molecular formula is C31H28N8O2. The number of methoxy groups -OCH3 is 1. The summed E-state index contributed by atoms with van der Waals surface area (Å²) in [6.45, 7) is 2.08. The van der Waals surface area contributed by atoms with Gasteiger partial charge in [0.1, 0.15) is 11.9 Å². The zero-order valence-electron chi connectivity index (χ0n) is 22.6. The number of pyridine rings is 3. The van der Waals surface area contributed by atoms with Crippen molar-refractivity contribution in [2.75, 3.05) is 26.7 Å². The molecule has 41 heavy (non-hydrogen) atoms. The predicted molar refractivity (Wildman–Crippen MR) is 153 cm³/mol. The fourth-order valence-corrected chi connectivity index (χ4v) is 6.33. The summed E-state index contributed by atoms with van der Waals surface area (Å²) in [5.41, 5.74) is 5.03. The van der Waals surface area contributed by atoms with Crippen molar-refractivity contribution in [2.45, 2.75) is 30.8 Å². The summed E-state index contributed by atoms with van der Waals surface area (Å²) in [4.78, 5) is 31.1. The van der Waals surface area contributed by atoms with E-state index in [1.54, 1.807) is 48.5 Å². The first-order valence-electron chi connectivity index (χ1n) is 13.7. The summed E-state index contributed by atoms with van der Waals surface area (Å²) in [5, 5.41) is 14.2. The number of fused-ring (bicyclic) bond motifs is 3. The van der Waals surface area contributed by atoms with E-state index in [1.807, 2.05) is 23.2 Å². The number of amidine groups is 1. The summed E-state index contributed by atoms with van der Waals surface area (Å²) in [7, 11) is 1.57. The summed E-state index contributed by atoms with van der Waals surface area (Å²) in [6, 6.07) is 12.2. The van der Waals surface area contributed by atoms with Gasteiger partial charge < -0.3 is 14.5 Å². The van der Waals surface area contributed by atoms with Crippen molar-refractivity contribution in [3.05, 3.63) is 90.2 Å². The maximum absolute atomic E-state index is 13.4. The van der Waals surface area contributed by atoms with E-state index < -0.39 is 0 Å². The van der Waals surface area contributed by atoms with Crippen LogP contribution in [0.2, 0.25) is 0 Å². The maximum Gasteiger partial charge on any atom is 0.256 e. The quantitative estimate of drug-likeness (QED) is 0.385. The van der Waals surface area contributed by atoms with Gasteiger partial charge in [0, 0.05) is 55.4 Å². The van der Waals surface area contributed by atoms with Crippen molar-refractivity contribution in [1.29, 1.82) is 5.26 Å². The van der Waals surface area contributed by atoms with E-state index in [9.17, 15) is 10.1 Å². The highest BCUT2D eigenvalue weighted by Crippen LogP contribution is 2.34. The third kappa shape index (κ3) is 4.39. The molecule has 3 aliphatic heterocycles. The Hall–Kier alpha value is -5.04. The van der Waals surface area contributed by atoms with Gasteiger partial charge in [0.2, 0.25) is 5.88 Å². The minimum Gasteiger partial charge on any atom is -0.481 e. The standard InChI is InChI=1S/C31H28N8O2/c1-41-29-7-3-22(15-35-29)31(40)39-25-4-5-26(39)19-37(18-25)28-6-2-21(14-34-28)27-12-23(20-8-10-33-11-9-20)17-38-30(27)24(13-32)16-36-38/h2-3,6-12,15-17,21,25-26H,4-5,14,18-19H2,1H3. The Morgan fingerprint density at radius 1 is 1.07 bits per heavy atom. The van der Waals surface area contributed by atoms with E-state index in [1.165, 1.54) is 0 Å². The van der Waals surface area contributed by atoms with Crippen LogP contribution in [0, 0.1) is 11.3 Å². The lowest BCUT2D eigenvalue weighted by Gasteiger charge is -2.42. The third-order valence-electron chi connectivity index (χ3n) is 8.34. The van der Waals surface area contributed by atoms with E-state index in [4.69, 9.17) is 9.73 Å². The first kappa shape index (κ1) is 25.0. The molecule has 10 nitrogen and oxygen atoms in total. The van der Waals surface area contributed by atoms with Crippen molar-refractivity contribution in [2.24, 2.45) is 4.99 Å². The van der Waals surface area contributed by atoms with Gasteiger partial charge in [0.05, 0.1) is 48.6 Å². The topological polar surface area (TPSA) is 112 Å². The molecule has 3 unspecified atom stereocenters. The average molecular weight is 545 g/mol. The highest BCUT2D eigenvalue weighted by molar-refractivity contribution is 5.96. The lowest BCUT2D eigenvalue weighted by molar-refractivity contribution is 0.0529. The monoisotopic (exact) mass is 544 g/mol. The van der Waals surface area contributed by atoms with E-state index in [0.29, 0.717) is 23.6 Å². The molecule has 204 valence electrons. The molecule has 3 atom stereocenters. The summed E-state index contributed by atoms with van der Waals surface area (Å²) in [6.07, 6.45) is 15.0. The van der Waals surface area contributed by atoms with Crippen LogP contribution in [0.4, 0.5) is 0 Å². The molecule has 2 bridgehead atoms. The second-order valence-electron chi connectivity index (χ2n) is 10.6. The Kier molecular flexibility index (Phi) is 6.19. The number of carbonyl (C=O) groups excluding carboxylic acids is 1. The van der Waals surface area contributed by atoms with E-state index >= 15 is 0 Å². The average Bonchev–Trinajstić information content (AvgIpc) is 3.57. The van der Waals surface area contributed by atoms with Crippen molar-refractivity contribution in [3.8, 4) is 23.1 Å². The van der Waals surface area contributed by atoms with Gasteiger partial charge in [-0.15, -0.1) is 0 Å². The lowest BCUT2D eigenvalue weighted by Crippen LogP contribution is -2.57. The second kappa shape index (κ2) is 10.2. The van der Waals surface area contributed by atoms with Crippen LogP contribution in [0.25, 0.3) is 16.6 Å². The molecule has 1 amide bonds. The van der Waals surface area contributed by atoms with Crippen molar-refractivity contribution in [3.63, 3.8) is 0 Å². The fourth-order valence-electron chi connectivity index (χ4n) is 6.33. The van der Waals surface area contributed by atoms with Crippen LogP contribution < -0.4 is 4.74 Å². The molecule has 0 spiro atoms. The van der Waals surface area contributed by atoms with Gasteiger partial charge in [0.15, 0.2) is 0 Å². The Morgan fingerprint density at radius 2 is 1.88 bits per heavy atom. The van der Waals surface area contributed by atoms with Gasteiger partial charge in [-0.2, -0.15) is 10.4 Å². The number of nitriles is 1. The molecule has 2 fully saturated rings. The number of piperazine rings is 1. The SMILES string of the molecule is COc1ccc(C(=O)N2C3CCC2CN(C2=NCC(c4cc(-c5ccncc5)cn5ncc(C#N)c45)C=C2)C3)cn1. The first-order chi connectivity index (χ1) is 20.1. The largest absolute Gasteiger partial charge is 0.481 e. The number of dihydropyridines is 1.